The Kier molecular flexibility index (Phi) is 4.32. The second-order valence-corrected chi connectivity index (χ2v) is 5.06. The molecule has 6 heteroatoms. The van der Waals surface area contributed by atoms with Crippen molar-refractivity contribution in [3.05, 3.63) is 58.1 Å². The van der Waals surface area contributed by atoms with Crippen LogP contribution in [-0.4, -0.2) is 5.11 Å². The summed E-state index contributed by atoms with van der Waals surface area (Å²) in [4.78, 5) is 0. The molecule has 2 aromatic rings. The van der Waals surface area contributed by atoms with Crippen molar-refractivity contribution in [3.63, 3.8) is 0 Å². The van der Waals surface area contributed by atoms with Crippen molar-refractivity contribution < 1.29 is 18.3 Å². The third-order valence-corrected chi connectivity index (χ3v) is 3.31. The highest BCUT2D eigenvalue weighted by Gasteiger charge is 2.33. The maximum atomic E-state index is 12.9. The summed E-state index contributed by atoms with van der Waals surface area (Å²) < 4.78 is 38.8. The number of hydrogen-bond donors (Lipinski definition) is 2. The summed E-state index contributed by atoms with van der Waals surface area (Å²) in [5, 5.41) is 12.6. The Morgan fingerprint density at radius 3 is 2.57 bits per heavy atom. The third-order valence-electron chi connectivity index (χ3n) is 3.08. The summed E-state index contributed by atoms with van der Waals surface area (Å²) in [5.74, 6) is 0.0764. The standard InChI is InChI=1S/C15H13ClF3NO/c1-9-3-2-4-10(14(9)21)8-20-13-6-5-11(16)7-12(13)15(17,18)19/h2-7,20-21H,8H2,1H3. The summed E-state index contributed by atoms with van der Waals surface area (Å²) in [7, 11) is 0. The molecule has 0 heterocycles. The predicted molar refractivity (Wildman–Crippen MR) is 76.6 cm³/mol. The fourth-order valence-corrected chi connectivity index (χ4v) is 2.13. The number of rotatable bonds is 3. The Morgan fingerprint density at radius 2 is 1.90 bits per heavy atom. The molecule has 0 aromatic heterocycles. The molecule has 0 aliphatic carbocycles. The molecule has 21 heavy (non-hydrogen) atoms. The third kappa shape index (κ3) is 3.61. The van der Waals surface area contributed by atoms with Crippen LogP contribution in [0.15, 0.2) is 36.4 Å². The summed E-state index contributed by atoms with van der Waals surface area (Å²) in [6.45, 7) is 1.81. The van der Waals surface area contributed by atoms with Gasteiger partial charge in [-0.05, 0) is 30.7 Å². The Bertz CT molecular complexity index is 656. The van der Waals surface area contributed by atoms with Gasteiger partial charge in [0, 0.05) is 22.8 Å². The molecular weight excluding hydrogens is 303 g/mol. The molecule has 0 aliphatic heterocycles. The molecule has 2 N–H and O–H groups in total. The van der Waals surface area contributed by atoms with Crippen LogP contribution in [0.3, 0.4) is 0 Å². The first-order chi connectivity index (χ1) is 9.79. The van der Waals surface area contributed by atoms with Crippen LogP contribution in [0.5, 0.6) is 5.75 Å². The van der Waals surface area contributed by atoms with E-state index < -0.39 is 11.7 Å². The molecule has 0 radical (unpaired) electrons. The van der Waals surface area contributed by atoms with E-state index >= 15 is 0 Å². The van der Waals surface area contributed by atoms with Crippen LogP contribution in [0, 0.1) is 6.92 Å². The molecule has 2 nitrogen and oxygen atoms in total. The highest BCUT2D eigenvalue weighted by atomic mass is 35.5. The minimum absolute atomic E-state index is 0.0197. The maximum Gasteiger partial charge on any atom is 0.418 e. The second-order valence-electron chi connectivity index (χ2n) is 4.62. The van der Waals surface area contributed by atoms with Crippen molar-refractivity contribution in [1.29, 1.82) is 0 Å². The van der Waals surface area contributed by atoms with Crippen LogP contribution >= 0.6 is 11.6 Å². The van der Waals surface area contributed by atoms with E-state index in [2.05, 4.69) is 5.32 Å². The van der Waals surface area contributed by atoms with Gasteiger partial charge in [0.25, 0.3) is 0 Å². The number of aryl methyl sites for hydroxylation is 1. The van der Waals surface area contributed by atoms with E-state index in [4.69, 9.17) is 11.6 Å². The van der Waals surface area contributed by atoms with Crippen molar-refractivity contribution in [2.75, 3.05) is 5.32 Å². The topological polar surface area (TPSA) is 32.3 Å². The molecule has 2 rings (SSSR count). The molecule has 0 saturated carbocycles. The fraction of sp³-hybridized carbons (Fsp3) is 0.200. The lowest BCUT2D eigenvalue weighted by Gasteiger charge is -2.15. The number of anilines is 1. The number of benzene rings is 2. The summed E-state index contributed by atoms with van der Waals surface area (Å²) >= 11 is 5.62. The van der Waals surface area contributed by atoms with E-state index in [1.807, 2.05) is 0 Å². The lowest BCUT2D eigenvalue weighted by molar-refractivity contribution is -0.136. The van der Waals surface area contributed by atoms with E-state index in [0.717, 1.165) is 6.07 Å². The van der Waals surface area contributed by atoms with Gasteiger partial charge in [-0.2, -0.15) is 13.2 Å². The lowest BCUT2D eigenvalue weighted by atomic mass is 10.1. The average molecular weight is 316 g/mol. The highest BCUT2D eigenvalue weighted by molar-refractivity contribution is 6.30. The van der Waals surface area contributed by atoms with E-state index in [1.54, 1.807) is 25.1 Å². The molecule has 0 aliphatic rings. The van der Waals surface area contributed by atoms with Crippen LogP contribution in [-0.2, 0) is 12.7 Å². The van der Waals surface area contributed by atoms with Crippen LogP contribution in [0.2, 0.25) is 5.02 Å². The zero-order chi connectivity index (χ0) is 15.6. The summed E-state index contributed by atoms with van der Waals surface area (Å²) in [6.07, 6.45) is -4.50. The van der Waals surface area contributed by atoms with Crippen molar-refractivity contribution in [2.24, 2.45) is 0 Å². The fourth-order valence-electron chi connectivity index (χ4n) is 1.96. The molecule has 112 valence electrons. The molecule has 0 unspecified atom stereocenters. The SMILES string of the molecule is Cc1cccc(CNc2ccc(Cl)cc2C(F)(F)F)c1O. The zero-order valence-corrected chi connectivity index (χ0v) is 11.9. The Hall–Kier alpha value is -1.88. The van der Waals surface area contributed by atoms with E-state index in [-0.39, 0.29) is 23.0 Å². The molecular formula is C15H13ClF3NO. The van der Waals surface area contributed by atoms with Crippen molar-refractivity contribution in [1.82, 2.24) is 0 Å². The molecule has 0 bridgehead atoms. The largest absolute Gasteiger partial charge is 0.507 e. The first kappa shape index (κ1) is 15.5. The van der Waals surface area contributed by atoms with Gasteiger partial charge in [-0.1, -0.05) is 29.8 Å². The van der Waals surface area contributed by atoms with Gasteiger partial charge in [-0.15, -0.1) is 0 Å². The number of halogens is 4. The van der Waals surface area contributed by atoms with Gasteiger partial charge in [0.05, 0.1) is 5.56 Å². The summed E-state index contributed by atoms with van der Waals surface area (Å²) in [6, 6.07) is 8.65. The minimum atomic E-state index is -4.50. The van der Waals surface area contributed by atoms with Gasteiger partial charge in [-0.25, -0.2) is 0 Å². The Labute approximate surface area is 125 Å². The van der Waals surface area contributed by atoms with E-state index in [0.29, 0.717) is 11.1 Å². The number of phenols is 1. The maximum absolute atomic E-state index is 12.9. The second kappa shape index (κ2) is 5.85. The van der Waals surface area contributed by atoms with E-state index in [1.165, 1.54) is 12.1 Å². The van der Waals surface area contributed by atoms with Crippen molar-refractivity contribution in [3.8, 4) is 5.75 Å². The molecule has 0 saturated heterocycles. The smallest absolute Gasteiger partial charge is 0.418 e. The minimum Gasteiger partial charge on any atom is -0.507 e. The van der Waals surface area contributed by atoms with Gasteiger partial charge in [0.2, 0.25) is 0 Å². The number of alkyl halides is 3. The monoisotopic (exact) mass is 315 g/mol. The Balaban J connectivity index is 2.26. The van der Waals surface area contributed by atoms with Gasteiger partial charge in [-0.3, -0.25) is 0 Å². The lowest BCUT2D eigenvalue weighted by Crippen LogP contribution is -2.11. The van der Waals surface area contributed by atoms with Crippen molar-refractivity contribution in [2.45, 2.75) is 19.6 Å². The molecule has 0 amide bonds. The normalized spacial score (nSPS) is 11.5. The van der Waals surface area contributed by atoms with Crippen molar-refractivity contribution >= 4 is 17.3 Å². The number of nitrogens with one attached hydrogen (secondary N) is 1. The first-order valence-corrected chi connectivity index (χ1v) is 6.55. The van der Waals surface area contributed by atoms with Gasteiger partial charge >= 0.3 is 6.18 Å². The molecule has 0 fully saturated rings. The van der Waals surface area contributed by atoms with Crippen LogP contribution in [0.1, 0.15) is 16.7 Å². The first-order valence-electron chi connectivity index (χ1n) is 6.17. The van der Waals surface area contributed by atoms with Gasteiger partial charge < -0.3 is 10.4 Å². The van der Waals surface area contributed by atoms with E-state index in [9.17, 15) is 18.3 Å². The van der Waals surface area contributed by atoms with Gasteiger partial charge in [0.15, 0.2) is 0 Å². The average Bonchev–Trinajstić information content (AvgIpc) is 2.40. The Morgan fingerprint density at radius 1 is 1.19 bits per heavy atom. The molecule has 0 spiro atoms. The number of hydrogen-bond acceptors (Lipinski definition) is 2. The zero-order valence-electron chi connectivity index (χ0n) is 11.1. The molecule has 0 atom stereocenters. The van der Waals surface area contributed by atoms with Crippen LogP contribution in [0.4, 0.5) is 18.9 Å². The quantitative estimate of drug-likeness (QED) is 0.836. The molecule has 2 aromatic carbocycles. The highest BCUT2D eigenvalue weighted by Crippen LogP contribution is 2.37. The number of aromatic hydroxyl groups is 1. The number of phenolic OH excluding ortho intramolecular Hbond substituents is 1. The van der Waals surface area contributed by atoms with Crippen LogP contribution in [0.25, 0.3) is 0 Å². The van der Waals surface area contributed by atoms with Crippen LogP contribution < -0.4 is 5.32 Å². The number of para-hydroxylation sites is 1. The summed E-state index contributed by atoms with van der Waals surface area (Å²) in [5.41, 5.74) is 0.287. The van der Waals surface area contributed by atoms with Gasteiger partial charge in [0.1, 0.15) is 5.75 Å². The predicted octanol–water partition coefficient (Wildman–Crippen LogP) is 4.98.